The third kappa shape index (κ3) is 1.52. The smallest absolute Gasteiger partial charge is 0.281 e. The minimum atomic E-state index is -1.27. The molecule has 0 spiro atoms. The van der Waals surface area contributed by atoms with E-state index < -0.39 is 5.85 Å². The largest absolute Gasteiger partial charge is 0.348 e. The summed E-state index contributed by atoms with van der Waals surface area (Å²) in [7, 11) is 1.75. The lowest BCUT2D eigenvalue weighted by molar-refractivity contribution is -0.128. The second-order valence-electron chi connectivity index (χ2n) is 3.57. The predicted molar refractivity (Wildman–Crippen MR) is 62.4 cm³/mol. The summed E-state index contributed by atoms with van der Waals surface area (Å²) in [5.41, 5.74) is 3.56. The molecule has 6 nitrogen and oxygen atoms in total. The third-order valence-electron chi connectivity index (χ3n) is 2.54. The summed E-state index contributed by atoms with van der Waals surface area (Å²) in [5, 5.41) is 12.1. The van der Waals surface area contributed by atoms with Gasteiger partial charge in [-0.3, -0.25) is 0 Å². The molecule has 0 amide bonds. The molecule has 0 fully saturated rings. The second kappa shape index (κ2) is 4.07. The van der Waals surface area contributed by atoms with Crippen LogP contribution in [0.5, 0.6) is 0 Å². The van der Waals surface area contributed by atoms with Crippen molar-refractivity contribution in [3.63, 3.8) is 0 Å². The van der Waals surface area contributed by atoms with Gasteiger partial charge in [-0.1, -0.05) is 12.2 Å². The van der Waals surface area contributed by atoms with E-state index in [1.165, 1.54) is 0 Å². The van der Waals surface area contributed by atoms with Crippen LogP contribution in [0, 0.1) is 0 Å². The van der Waals surface area contributed by atoms with E-state index in [-0.39, 0.29) is 0 Å². The van der Waals surface area contributed by atoms with Crippen LogP contribution in [0.1, 0.15) is 6.92 Å². The normalized spacial score (nSPS) is 27.8. The molecule has 16 heavy (non-hydrogen) atoms. The van der Waals surface area contributed by atoms with Gasteiger partial charge in [0.2, 0.25) is 0 Å². The molecule has 6 heteroatoms. The lowest BCUT2D eigenvalue weighted by Crippen LogP contribution is -2.62. The zero-order chi connectivity index (χ0) is 11.6. The quantitative estimate of drug-likeness (QED) is 0.652. The fourth-order valence-electron chi connectivity index (χ4n) is 1.59. The first-order chi connectivity index (χ1) is 7.69. The number of hydrogen-bond acceptors (Lipinski definition) is 6. The minimum Gasteiger partial charge on any atom is -0.348 e. The van der Waals surface area contributed by atoms with Crippen molar-refractivity contribution >= 4 is 12.7 Å². The molecule has 86 valence electrons. The number of hydrazine groups is 1. The minimum absolute atomic E-state index is 0.505. The summed E-state index contributed by atoms with van der Waals surface area (Å²) in [4.78, 5) is 9.68. The maximum absolute atomic E-state index is 10.5. The first-order valence-electron chi connectivity index (χ1n) is 5.07. The van der Waals surface area contributed by atoms with Crippen molar-refractivity contribution in [1.29, 1.82) is 0 Å². The van der Waals surface area contributed by atoms with Crippen LogP contribution in [-0.4, -0.2) is 47.1 Å². The molecule has 0 aliphatic carbocycles. The van der Waals surface area contributed by atoms with Gasteiger partial charge in [-0.25, -0.2) is 20.4 Å². The van der Waals surface area contributed by atoms with Crippen LogP contribution in [0.3, 0.4) is 0 Å². The number of allylic oxidation sites excluding steroid dienone is 1. The van der Waals surface area contributed by atoms with E-state index in [9.17, 15) is 5.11 Å². The van der Waals surface area contributed by atoms with Gasteiger partial charge in [0.1, 0.15) is 12.0 Å². The highest BCUT2D eigenvalue weighted by Crippen LogP contribution is 2.29. The molecule has 2 N–H and O–H groups in total. The summed E-state index contributed by atoms with van der Waals surface area (Å²) < 4.78 is 0. The first-order valence-corrected chi connectivity index (χ1v) is 5.07. The zero-order valence-electron chi connectivity index (χ0n) is 9.33. The standard InChI is InChI=1S/C10H15N5O/c1-3-4-5-13-15-8-12-9-6-11-7-14(2)10(9,15)16/h3-4,6-8,13,16H,5H2,1-2H3. The van der Waals surface area contributed by atoms with Gasteiger partial charge in [0, 0.05) is 13.6 Å². The molecular formula is C10H15N5O. The fraction of sp³-hybridized carbons (Fsp3) is 0.400. The number of rotatable bonds is 3. The molecule has 0 saturated carbocycles. The SMILES string of the molecule is CC=CCNN1C=NC2=CN=CN(C)C21O. The Morgan fingerprint density at radius 2 is 2.38 bits per heavy atom. The Labute approximate surface area is 94.3 Å². The van der Waals surface area contributed by atoms with Crippen molar-refractivity contribution < 1.29 is 5.11 Å². The van der Waals surface area contributed by atoms with Crippen LogP contribution >= 0.6 is 0 Å². The Morgan fingerprint density at radius 1 is 1.56 bits per heavy atom. The number of nitrogens with one attached hydrogen (secondary N) is 1. The number of aliphatic hydroxyl groups is 1. The molecule has 0 aromatic carbocycles. The average molecular weight is 221 g/mol. The third-order valence-corrected chi connectivity index (χ3v) is 2.54. The van der Waals surface area contributed by atoms with Gasteiger partial charge >= 0.3 is 0 Å². The summed E-state index contributed by atoms with van der Waals surface area (Å²) in [6, 6.07) is 0. The van der Waals surface area contributed by atoms with E-state index in [1.54, 1.807) is 35.8 Å². The van der Waals surface area contributed by atoms with Gasteiger partial charge < -0.3 is 10.0 Å². The monoisotopic (exact) mass is 221 g/mol. The van der Waals surface area contributed by atoms with Crippen LogP contribution in [-0.2, 0) is 0 Å². The fourth-order valence-corrected chi connectivity index (χ4v) is 1.59. The van der Waals surface area contributed by atoms with Crippen LogP contribution in [0.4, 0.5) is 0 Å². The van der Waals surface area contributed by atoms with Crippen molar-refractivity contribution in [3.8, 4) is 0 Å². The Balaban J connectivity index is 2.15. The van der Waals surface area contributed by atoms with Crippen LogP contribution in [0.2, 0.25) is 0 Å². The lowest BCUT2D eigenvalue weighted by atomic mass is 10.2. The van der Waals surface area contributed by atoms with Gasteiger partial charge in [-0.2, -0.15) is 0 Å². The topological polar surface area (TPSA) is 63.5 Å². The maximum atomic E-state index is 10.5. The molecule has 0 radical (unpaired) electrons. The number of aliphatic imine (C=N–C) groups is 2. The van der Waals surface area contributed by atoms with E-state index in [0.717, 1.165) is 0 Å². The molecule has 2 rings (SSSR count). The van der Waals surface area contributed by atoms with Gasteiger partial charge in [0.15, 0.2) is 0 Å². The molecule has 2 aliphatic heterocycles. The average Bonchev–Trinajstić information content (AvgIpc) is 2.59. The number of nitrogens with zero attached hydrogens (tertiary/aromatic N) is 4. The van der Waals surface area contributed by atoms with Gasteiger partial charge in [-0.05, 0) is 6.92 Å². The van der Waals surface area contributed by atoms with Crippen LogP contribution in [0.15, 0.2) is 34.0 Å². The molecule has 2 heterocycles. The summed E-state index contributed by atoms with van der Waals surface area (Å²) in [5.74, 6) is -1.27. The van der Waals surface area contributed by atoms with E-state index in [0.29, 0.717) is 12.2 Å². The zero-order valence-corrected chi connectivity index (χ0v) is 9.33. The molecule has 0 bridgehead atoms. The van der Waals surface area contributed by atoms with E-state index in [1.807, 2.05) is 19.1 Å². The Morgan fingerprint density at radius 3 is 3.12 bits per heavy atom. The van der Waals surface area contributed by atoms with E-state index in [4.69, 9.17) is 0 Å². The Hall–Kier alpha value is -1.66. The van der Waals surface area contributed by atoms with Crippen molar-refractivity contribution in [2.45, 2.75) is 12.8 Å². The van der Waals surface area contributed by atoms with Gasteiger partial charge in [0.05, 0.1) is 12.5 Å². The second-order valence-corrected chi connectivity index (χ2v) is 3.57. The van der Waals surface area contributed by atoms with Crippen molar-refractivity contribution in [3.05, 3.63) is 24.0 Å². The van der Waals surface area contributed by atoms with E-state index in [2.05, 4.69) is 15.4 Å². The van der Waals surface area contributed by atoms with E-state index >= 15 is 0 Å². The molecule has 1 atom stereocenters. The molecule has 0 saturated heterocycles. The molecular weight excluding hydrogens is 206 g/mol. The highest BCUT2D eigenvalue weighted by Gasteiger charge is 2.46. The highest BCUT2D eigenvalue weighted by molar-refractivity contribution is 5.68. The summed E-state index contributed by atoms with van der Waals surface area (Å²) >= 11 is 0. The number of fused-ring (bicyclic) bond motifs is 1. The molecule has 0 aromatic heterocycles. The maximum Gasteiger partial charge on any atom is 0.281 e. The van der Waals surface area contributed by atoms with Crippen molar-refractivity contribution in [2.24, 2.45) is 9.98 Å². The molecule has 1 unspecified atom stereocenters. The van der Waals surface area contributed by atoms with Gasteiger partial charge in [-0.15, -0.1) is 0 Å². The van der Waals surface area contributed by atoms with Crippen LogP contribution in [0.25, 0.3) is 0 Å². The number of likely N-dealkylation sites (N-methyl/N-ethyl adjacent to an activating group) is 1. The van der Waals surface area contributed by atoms with Gasteiger partial charge in [0.25, 0.3) is 5.85 Å². The predicted octanol–water partition coefficient (Wildman–Crippen LogP) is -0.128. The lowest BCUT2D eigenvalue weighted by Gasteiger charge is -2.40. The molecule has 2 aliphatic rings. The first kappa shape index (κ1) is 10.8. The Kier molecular flexibility index (Phi) is 2.76. The summed E-state index contributed by atoms with van der Waals surface area (Å²) in [6.07, 6.45) is 8.56. The highest BCUT2D eigenvalue weighted by atomic mass is 16.3. The van der Waals surface area contributed by atoms with Crippen molar-refractivity contribution in [1.82, 2.24) is 15.3 Å². The van der Waals surface area contributed by atoms with Crippen LogP contribution < -0.4 is 5.43 Å². The summed E-state index contributed by atoms with van der Waals surface area (Å²) in [6.45, 7) is 2.57. The molecule has 0 aromatic rings. The van der Waals surface area contributed by atoms with Crippen molar-refractivity contribution in [2.75, 3.05) is 13.6 Å². The Bertz CT molecular complexity index is 387. The number of hydrogen-bond donors (Lipinski definition) is 2.